The number of unbranched alkanes of at least 4 members (excludes halogenated alkanes) is 1. The van der Waals surface area contributed by atoms with Crippen LogP contribution in [0.25, 0.3) is 0 Å². The average Bonchev–Trinajstić information content (AvgIpc) is 2.53. The number of carbonyl (C=O) groups is 1. The van der Waals surface area contributed by atoms with Gasteiger partial charge in [-0.05, 0) is 6.42 Å². The van der Waals surface area contributed by atoms with Crippen LogP contribution >= 0.6 is 0 Å². The predicted molar refractivity (Wildman–Crippen MR) is 42.5 cm³/mol. The number of hydrogen-bond donors (Lipinski definition) is 0. The minimum absolute atomic E-state index is 0.437. The van der Waals surface area contributed by atoms with Gasteiger partial charge in [0.2, 0.25) is 0 Å². The third-order valence-electron chi connectivity index (χ3n) is 1.48. The second-order valence-corrected chi connectivity index (χ2v) is 2.42. The number of aryl methyl sites for hydroxylation is 1. The Kier molecular flexibility index (Phi) is 3.03. The lowest BCUT2D eigenvalue weighted by Crippen LogP contribution is -1.93. The van der Waals surface area contributed by atoms with E-state index >= 15 is 0 Å². The Balaban J connectivity index is 2.42. The molecule has 0 radical (unpaired) electrons. The van der Waals surface area contributed by atoms with E-state index in [9.17, 15) is 4.79 Å². The summed E-state index contributed by atoms with van der Waals surface area (Å²) < 4.78 is 1.81. The van der Waals surface area contributed by atoms with E-state index in [1.165, 1.54) is 0 Å². The van der Waals surface area contributed by atoms with Crippen LogP contribution in [0.15, 0.2) is 12.5 Å². The van der Waals surface area contributed by atoms with Crippen LogP contribution in [-0.2, 0) is 6.54 Å². The van der Waals surface area contributed by atoms with Gasteiger partial charge in [0.15, 0.2) is 6.29 Å². The Morgan fingerprint density at radius 1 is 1.75 bits per heavy atom. The summed E-state index contributed by atoms with van der Waals surface area (Å²) in [5, 5.41) is 8.26. The van der Waals surface area contributed by atoms with E-state index in [4.69, 9.17) is 5.26 Å². The first-order valence-corrected chi connectivity index (χ1v) is 3.70. The largest absolute Gasteiger partial charge is 0.337 e. The molecular formula is C8H9N3O. The smallest absolute Gasteiger partial charge is 0.169 e. The van der Waals surface area contributed by atoms with E-state index in [0.29, 0.717) is 18.4 Å². The van der Waals surface area contributed by atoms with Gasteiger partial charge in [-0.25, -0.2) is 4.98 Å². The van der Waals surface area contributed by atoms with Crippen molar-refractivity contribution in [1.29, 1.82) is 5.26 Å². The first-order chi connectivity index (χ1) is 5.86. The molecule has 0 spiro atoms. The molecule has 0 N–H and O–H groups in total. The highest BCUT2D eigenvalue weighted by molar-refractivity contribution is 5.70. The van der Waals surface area contributed by atoms with Gasteiger partial charge in [0.05, 0.1) is 12.4 Å². The van der Waals surface area contributed by atoms with Crippen LogP contribution in [0.1, 0.15) is 23.3 Å². The summed E-state index contributed by atoms with van der Waals surface area (Å²) in [6.45, 7) is 0.744. The van der Waals surface area contributed by atoms with Crippen molar-refractivity contribution in [3.8, 4) is 6.07 Å². The lowest BCUT2D eigenvalue weighted by Gasteiger charge is -1.95. The van der Waals surface area contributed by atoms with Crippen LogP contribution < -0.4 is 0 Å². The molecular weight excluding hydrogens is 154 g/mol. The number of aromatic nitrogens is 2. The van der Waals surface area contributed by atoms with Gasteiger partial charge in [0.25, 0.3) is 0 Å². The van der Waals surface area contributed by atoms with E-state index in [1.807, 2.05) is 0 Å². The number of carbonyl (C=O) groups excluding carboxylic acids is 1. The SMILES string of the molecule is N#CCCCn1cnc(C=O)c1. The minimum atomic E-state index is 0.437. The third-order valence-corrected chi connectivity index (χ3v) is 1.48. The molecule has 0 aliphatic heterocycles. The molecule has 1 aromatic rings. The quantitative estimate of drug-likeness (QED) is 0.491. The first kappa shape index (κ1) is 8.47. The first-order valence-electron chi connectivity index (χ1n) is 3.70. The van der Waals surface area contributed by atoms with Crippen LogP contribution in [0.5, 0.6) is 0 Å². The molecule has 0 aromatic carbocycles. The topological polar surface area (TPSA) is 58.7 Å². The number of hydrogen-bond acceptors (Lipinski definition) is 3. The molecule has 0 atom stereocenters. The standard InChI is InChI=1S/C8H9N3O/c9-3-1-2-4-11-5-8(6-12)10-7-11/h5-7H,1-2,4H2. The molecule has 4 nitrogen and oxygen atoms in total. The van der Waals surface area contributed by atoms with Crippen LogP contribution in [-0.4, -0.2) is 15.8 Å². The molecule has 0 fully saturated rings. The van der Waals surface area contributed by atoms with Gasteiger partial charge < -0.3 is 4.57 Å². The molecule has 1 rings (SSSR count). The second kappa shape index (κ2) is 4.29. The van der Waals surface area contributed by atoms with Crippen LogP contribution in [0.4, 0.5) is 0 Å². The van der Waals surface area contributed by atoms with Crippen molar-refractivity contribution in [2.24, 2.45) is 0 Å². The van der Waals surface area contributed by atoms with Gasteiger partial charge in [-0.1, -0.05) is 0 Å². The summed E-state index contributed by atoms with van der Waals surface area (Å²) in [6, 6.07) is 2.06. The number of nitrogens with zero attached hydrogens (tertiary/aromatic N) is 3. The molecule has 1 heterocycles. The van der Waals surface area contributed by atoms with Crippen molar-refractivity contribution in [1.82, 2.24) is 9.55 Å². The summed E-state index contributed by atoms with van der Waals surface area (Å²) in [5.41, 5.74) is 0.437. The zero-order chi connectivity index (χ0) is 8.81. The van der Waals surface area contributed by atoms with E-state index in [0.717, 1.165) is 13.0 Å². The number of imidazole rings is 1. The van der Waals surface area contributed by atoms with Crippen molar-refractivity contribution in [3.63, 3.8) is 0 Å². The van der Waals surface area contributed by atoms with Crippen LogP contribution in [0.3, 0.4) is 0 Å². The van der Waals surface area contributed by atoms with Gasteiger partial charge in [0.1, 0.15) is 5.69 Å². The predicted octanol–water partition coefficient (Wildman–Crippen LogP) is 0.999. The van der Waals surface area contributed by atoms with Crippen molar-refractivity contribution in [2.45, 2.75) is 19.4 Å². The molecule has 4 heteroatoms. The second-order valence-electron chi connectivity index (χ2n) is 2.42. The van der Waals surface area contributed by atoms with E-state index in [-0.39, 0.29) is 0 Å². The summed E-state index contributed by atoms with van der Waals surface area (Å²) in [5.74, 6) is 0. The highest BCUT2D eigenvalue weighted by atomic mass is 16.1. The molecule has 0 unspecified atom stereocenters. The third kappa shape index (κ3) is 2.20. The molecule has 62 valence electrons. The molecule has 0 saturated heterocycles. The maximum Gasteiger partial charge on any atom is 0.169 e. The van der Waals surface area contributed by atoms with Gasteiger partial charge in [-0.15, -0.1) is 0 Å². The number of rotatable bonds is 4. The molecule has 0 amide bonds. The lowest BCUT2D eigenvalue weighted by atomic mass is 10.3. The normalized spacial score (nSPS) is 9.25. The molecule has 12 heavy (non-hydrogen) atoms. The Morgan fingerprint density at radius 3 is 3.17 bits per heavy atom. The van der Waals surface area contributed by atoms with Gasteiger partial charge >= 0.3 is 0 Å². The minimum Gasteiger partial charge on any atom is -0.337 e. The fraction of sp³-hybridized carbons (Fsp3) is 0.375. The summed E-state index contributed by atoms with van der Waals surface area (Å²) in [4.78, 5) is 14.0. The Labute approximate surface area is 70.4 Å². The van der Waals surface area contributed by atoms with E-state index in [2.05, 4.69) is 11.1 Å². The number of aldehydes is 1. The summed E-state index contributed by atoms with van der Waals surface area (Å²) >= 11 is 0. The molecule has 0 saturated carbocycles. The van der Waals surface area contributed by atoms with Gasteiger partial charge in [0, 0.05) is 19.2 Å². The molecule has 0 aliphatic rings. The molecule has 1 aromatic heterocycles. The zero-order valence-electron chi connectivity index (χ0n) is 6.60. The van der Waals surface area contributed by atoms with Crippen molar-refractivity contribution >= 4 is 6.29 Å². The van der Waals surface area contributed by atoms with Crippen molar-refractivity contribution < 1.29 is 4.79 Å². The van der Waals surface area contributed by atoms with Gasteiger partial charge in [-0.2, -0.15) is 5.26 Å². The monoisotopic (exact) mass is 163 g/mol. The molecule has 0 aliphatic carbocycles. The lowest BCUT2D eigenvalue weighted by molar-refractivity contribution is 0.111. The van der Waals surface area contributed by atoms with E-state index < -0.39 is 0 Å². The highest BCUT2D eigenvalue weighted by Crippen LogP contribution is 1.96. The maximum atomic E-state index is 10.2. The fourth-order valence-electron chi connectivity index (χ4n) is 0.901. The van der Waals surface area contributed by atoms with Crippen molar-refractivity contribution in [2.75, 3.05) is 0 Å². The van der Waals surface area contributed by atoms with Gasteiger partial charge in [-0.3, -0.25) is 4.79 Å². The fourth-order valence-corrected chi connectivity index (χ4v) is 0.901. The van der Waals surface area contributed by atoms with Crippen LogP contribution in [0.2, 0.25) is 0 Å². The Bertz CT molecular complexity index is 297. The average molecular weight is 163 g/mol. The zero-order valence-corrected chi connectivity index (χ0v) is 6.60. The van der Waals surface area contributed by atoms with Crippen LogP contribution in [0, 0.1) is 11.3 Å². The van der Waals surface area contributed by atoms with E-state index in [1.54, 1.807) is 17.1 Å². The summed E-state index contributed by atoms with van der Waals surface area (Å²) in [6.07, 6.45) is 5.31. The Hall–Kier alpha value is -1.63. The van der Waals surface area contributed by atoms with Crippen molar-refractivity contribution in [3.05, 3.63) is 18.2 Å². The maximum absolute atomic E-state index is 10.2. The highest BCUT2D eigenvalue weighted by Gasteiger charge is 1.95. The number of nitriles is 1. The molecule has 0 bridgehead atoms. The summed E-state index contributed by atoms with van der Waals surface area (Å²) in [7, 11) is 0. The Morgan fingerprint density at radius 2 is 2.58 bits per heavy atom.